The molecule has 2 aliphatic heterocycles. The summed E-state index contributed by atoms with van der Waals surface area (Å²) in [6.45, 7) is 3.02. The molecule has 1 spiro atoms. The standard InChI is InChI=1S/C17H16F3N3O5S/c1-9-8-27-16(28-9)2-4-22(5-3-16)15-21-14(24)11-6-10(17(18,19)20)7-12(23(25)26)13(11)29-15/h6-7,9H,2-5,8H2,1H3/t9-/m0/s1/i6D,7D. The summed E-state index contributed by atoms with van der Waals surface area (Å²) >= 11 is 0.626. The summed E-state index contributed by atoms with van der Waals surface area (Å²) in [4.78, 5) is 28.4. The third-order valence-electron chi connectivity index (χ3n) is 4.80. The number of aromatic nitrogens is 1. The first-order chi connectivity index (χ1) is 14.4. The van der Waals surface area contributed by atoms with Gasteiger partial charge in [0.25, 0.3) is 11.2 Å². The fourth-order valence-corrected chi connectivity index (χ4v) is 4.51. The Balaban J connectivity index is 1.81. The molecule has 2 aliphatic rings. The number of ether oxygens (including phenoxy) is 2. The predicted octanol–water partition coefficient (Wildman–Crippen LogP) is 3.32. The number of nitrogens with zero attached hydrogens (tertiary/aromatic N) is 3. The molecule has 0 radical (unpaired) electrons. The van der Waals surface area contributed by atoms with Crippen LogP contribution in [-0.4, -0.2) is 41.5 Å². The van der Waals surface area contributed by atoms with E-state index in [1.807, 2.05) is 6.92 Å². The van der Waals surface area contributed by atoms with E-state index in [0.717, 1.165) is 0 Å². The molecule has 2 aromatic rings. The number of alkyl halides is 3. The van der Waals surface area contributed by atoms with Crippen LogP contribution in [0, 0.1) is 10.1 Å². The van der Waals surface area contributed by atoms with Gasteiger partial charge in [-0.15, -0.1) is 0 Å². The monoisotopic (exact) mass is 433 g/mol. The smallest absolute Gasteiger partial charge is 0.348 e. The number of hydrogen-bond donors (Lipinski definition) is 0. The normalized spacial score (nSPS) is 22.8. The fraction of sp³-hybridized carbons (Fsp3) is 0.529. The minimum absolute atomic E-state index is 0.0576. The molecule has 29 heavy (non-hydrogen) atoms. The second-order valence-electron chi connectivity index (χ2n) is 6.87. The van der Waals surface area contributed by atoms with E-state index in [2.05, 4.69) is 4.98 Å². The molecule has 0 aliphatic carbocycles. The molecule has 156 valence electrons. The molecular formula is C17H16F3N3O5S. The van der Waals surface area contributed by atoms with E-state index in [9.17, 15) is 28.1 Å². The average molecular weight is 433 g/mol. The molecule has 0 unspecified atom stereocenters. The summed E-state index contributed by atoms with van der Waals surface area (Å²) in [6, 6.07) is -2.72. The Morgan fingerprint density at radius 1 is 1.41 bits per heavy atom. The second kappa shape index (κ2) is 6.89. The minimum atomic E-state index is -5.21. The first-order valence-electron chi connectivity index (χ1n) is 9.70. The van der Waals surface area contributed by atoms with Crippen LogP contribution in [0.2, 0.25) is 0 Å². The highest BCUT2D eigenvalue weighted by molar-refractivity contribution is 7.22. The third-order valence-corrected chi connectivity index (χ3v) is 5.93. The molecule has 0 saturated carbocycles. The van der Waals surface area contributed by atoms with Gasteiger partial charge in [-0.25, -0.2) is 0 Å². The fourth-order valence-electron chi connectivity index (χ4n) is 3.42. The molecule has 1 atom stereocenters. The van der Waals surface area contributed by atoms with E-state index in [0.29, 0.717) is 43.9 Å². The van der Waals surface area contributed by atoms with Crippen molar-refractivity contribution in [2.24, 2.45) is 0 Å². The van der Waals surface area contributed by atoms with E-state index < -0.39 is 55.9 Å². The summed E-state index contributed by atoms with van der Waals surface area (Å²) in [7, 11) is 0. The molecule has 1 aromatic heterocycles. The first kappa shape index (κ1) is 17.5. The zero-order chi connectivity index (χ0) is 22.7. The summed E-state index contributed by atoms with van der Waals surface area (Å²) in [5, 5.41) is 10.8. The minimum Gasteiger partial charge on any atom is -0.348 e. The quantitative estimate of drug-likeness (QED) is 0.530. The van der Waals surface area contributed by atoms with Crippen molar-refractivity contribution < 1.29 is 30.3 Å². The number of fused-ring (bicyclic) bond motifs is 1. The van der Waals surface area contributed by atoms with Crippen LogP contribution in [0.3, 0.4) is 0 Å². The maximum atomic E-state index is 13.3. The van der Waals surface area contributed by atoms with E-state index in [1.165, 1.54) is 0 Å². The largest absolute Gasteiger partial charge is 0.416 e. The molecule has 0 bridgehead atoms. The van der Waals surface area contributed by atoms with Crippen LogP contribution in [0.15, 0.2) is 16.9 Å². The Morgan fingerprint density at radius 3 is 2.66 bits per heavy atom. The molecule has 4 rings (SSSR count). The van der Waals surface area contributed by atoms with Gasteiger partial charge in [0.2, 0.25) is 0 Å². The van der Waals surface area contributed by atoms with Crippen molar-refractivity contribution in [2.45, 2.75) is 37.8 Å². The summed E-state index contributed by atoms with van der Waals surface area (Å²) in [5.74, 6) is -0.742. The highest BCUT2D eigenvalue weighted by Gasteiger charge is 2.43. The summed E-state index contributed by atoms with van der Waals surface area (Å²) in [6.07, 6.45) is -4.37. The van der Waals surface area contributed by atoms with Gasteiger partial charge in [-0.05, 0) is 13.0 Å². The number of benzene rings is 1. The number of halogens is 3. The van der Waals surface area contributed by atoms with Crippen molar-refractivity contribution in [3.05, 3.63) is 38.1 Å². The SMILES string of the molecule is [2H]c1c(C(F)(F)F)c([2H])c2c(=O)nc(N3CCC4(CC3)OC[C@H](C)O4)sc2c1[N+](=O)[O-]. The Morgan fingerprint density at radius 2 is 2.10 bits per heavy atom. The first-order valence-corrected chi connectivity index (χ1v) is 9.51. The van der Waals surface area contributed by atoms with Crippen molar-refractivity contribution in [3.63, 3.8) is 0 Å². The van der Waals surface area contributed by atoms with Gasteiger partial charge in [-0.3, -0.25) is 14.9 Å². The molecular weight excluding hydrogens is 415 g/mol. The topological polar surface area (TPSA) is 94.8 Å². The Hall–Kier alpha value is -2.31. The van der Waals surface area contributed by atoms with E-state index in [1.54, 1.807) is 4.90 Å². The van der Waals surface area contributed by atoms with Crippen molar-refractivity contribution in [2.75, 3.05) is 24.6 Å². The lowest BCUT2D eigenvalue weighted by Gasteiger charge is -2.37. The van der Waals surface area contributed by atoms with Gasteiger partial charge in [0.05, 0.1) is 31.3 Å². The van der Waals surface area contributed by atoms with Gasteiger partial charge in [0.15, 0.2) is 10.9 Å². The van der Waals surface area contributed by atoms with Crippen LogP contribution in [0.5, 0.6) is 0 Å². The number of nitro groups is 1. The molecule has 1 aromatic carbocycles. The highest BCUT2D eigenvalue weighted by atomic mass is 32.1. The molecule has 8 nitrogen and oxygen atoms in total. The number of piperidine rings is 1. The number of hydrogen-bond acceptors (Lipinski definition) is 8. The van der Waals surface area contributed by atoms with Crippen molar-refractivity contribution in [1.82, 2.24) is 4.98 Å². The molecule has 2 fully saturated rings. The lowest BCUT2D eigenvalue weighted by Crippen LogP contribution is -2.45. The number of nitro benzene ring substituents is 1. The van der Waals surface area contributed by atoms with Gasteiger partial charge in [0.1, 0.15) is 4.70 Å². The van der Waals surface area contributed by atoms with E-state index in [-0.39, 0.29) is 11.2 Å². The van der Waals surface area contributed by atoms with E-state index in [4.69, 9.17) is 12.2 Å². The zero-order valence-electron chi connectivity index (χ0n) is 17.0. The lowest BCUT2D eigenvalue weighted by molar-refractivity contribution is -0.383. The molecule has 0 amide bonds. The van der Waals surface area contributed by atoms with Gasteiger partial charge in [0, 0.05) is 32.0 Å². The highest BCUT2D eigenvalue weighted by Crippen LogP contribution is 2.40. The second-order valence-corrected chi connectivity index (χ2v) is 7.85. The maximum absolute atomic E-state index is 13.3. The van der Waals surface area contributed by atoms with Crippen LogP contribution in [-0.2, 0) is 15.7 Å². The third kappa shape index (κ3) is 3.67. The maximum Gasteiger partial charge on any atom is 0.416 e. The predicted molar refractivity (Wildman–Crippen MR) is 98.2 cm³/mol. The Labute approximate surface area is 168 Å². The van der Waals surface area contributed by atoms with Gasteiger partial charge >= 0.3 is 6.18 Å². The molecule has 3 heterocycles. The Kier molecular flexibility index (Phi) is 4.16. The Bertz CT molecular complexity index is 1130. The van der Waals surface area contributed by atoms with Crippen LogP contribution in [0.25, 0.3) is 10.1 Å². The molecule has 2 saturated heterocycles. The van der Waals surface area contributed by atoms with Gasteiger partial charge in [-0.2, -0.15) is 18.2 Å². The van der Waals surface area contributed by atoms with Crippen LogP contribution >= 0.6 is 11.3 Å². The number of rotatable bonds is 2. The summed E-state index contributed by atoms with van der Waals surface area (Å²) < 4.78 is 66.6. The van der Waals surface area contributed by atoms with Crippen molar-refractivity contribution in [1.29, 1.82) is 0 Å². The van der Waals surface area contributed by atoms with E-state index >= 15 is 0 Å². The van der Waals surface area contributed by atoms with Crippen molar-refractivity contribution >= 4 is 32.2 Å². The van der Waals surface area contributed by atoms with Gasteiger partial charge < -0.3 is 14.4 Å². The van der Waals surface area contributed by atoms with Gasteiger partial charge in [-0.1, -0.05) is 11.3 Å². The summed E-state index contributed by atoms with van der Waals surface area (Å²) in [5.41, 5.74) is -4.16. The average Bonchev–Trinajstić information content (AvgIpc) is 3.00. The van der Waals surface area contributed by atoms with Crippen molar-refractivity contribution in [3.8, 4) is 0 Å². The van der Waals surface area contributed by atoms with Crippen LogP contribution < -0.4 is 10.5 Å². The van der Waals surface area contributed by atoms with Crippen LogP contribution in [0.4, 0.5) is 24.0 Å². The zero-order valence-corrected chi connectivity index (χ0v) is 15.9. The number of anilines is 1. The molecule has 0 N–H and O–H groups in total. The molecule has 12 heteroatoms. The van der Waals surface area contributed by atoms with Crippen LogP contribution in [0.1, 0.15) is 28.1 Å². The lowest BCUT2D eigenvalue weighted by atomic mass is 10.0.